The van der Waals surface area contributed by atoms with Crippen LogP contribution in [0.25, 0.3) is 0 Å². The zero-order valence-electron chi connectivity index (χ0n) is 13.6. The van der Waals surface area contributed by atoms with Crippen LogP contribution in [0.5, 0.6) is 0 Å². The van der Waals surface area contributed by atoms with Crippen molar-refractivity contribution < 1.29 is 22.0 Å². The number of sulfone groups is 1. The average Bonchev–Trinajstić information content (AvgIpc) is 3.17. The molecule has 0 aliphatic carbocycles. The largest absolute Gasteiger partial charge is 0.468 e. The molecule has 0 aliphatic rings. The van der Waals surface area contributed by atoms with Crippen molar-refractivity contribution in [3.63, 3.8) is 0 Å². The Labute approximate surface area is 150 Å². The van der Waals surface area contributed by atoms with E-state index < -0.39 is 26.8 Å². The first-order valence-corrected chi connectivity index (χ1v) is 9.39. The fourth-order valence-corrected chi connectivity index (χ4v) is 4.11. The van der Waals surface area contributed by atoms with Gasteiger partial charge >= 0.3 is 0 Å². The lowest BCUT2D eigenvalue weighted by molar-refractivity contribution is 0.0953. The number of carbonyl (C=O) groups is 1. The number of halogens is 1. The van der Waals surface area contributed by atoms with Crippen LogP contribution in [0.4, 0.5) is 4.39 Å². The van der Waals surface area contributed by atoms with Gasteiger partial charge < -0.3 is 9.73 Å². The summed E-state index contributed by atoms with van der Waals surface area (Å²) in [6, 6.07) is 16.1. The Balaban J connectivity index is 1.84. The summed E-state index contributed by atoms with van der Waals surface area (Å²) < 4.78 is 44.2. The maximum Gasteiger partial charge on any atom is 0.251 e. The SMILES string of the molecule is O=C(NC[C@@H](c1ccco1)S(=O)(=O)c1ccccc1)c1ccc(F)cc1. The second-order valence-electron chi connectivity index (χ2n) is 5.58. The summed E-state index contributed by atoms with van der Waals surface area (Å²) in [5, 5.41) is 1.50. The van der Waals surface area contributed by atoms with Crippen molar-refractivity contribution in [3.8, 4) is 0 Å². The molecule has 1 amide bonds. The number of benzene rings is 2. The highest BCUT2D eigenvalue weighted by atomic mass is 32.2. The van der Waals surface area contributed by atoms with Gasteiger partial charge in [-0.2, -0.15) is 0 Å². The van der Waals surface area contributed by atoms with Gasteiger partial charge in [0, 0.05) is 12.1 Å². The average molecular weight is 373 g/mol. The molecule has 26 heavy (non-hydrogen) atoms. The first-order chi connectivity index (χ1) is 12.5. The molecule has 134 valence electrons. The monoisotopic (exact) mass is 373 g/mol. The van der Waals surface area contributed by atoms with Gasteiger partial charge in [0.15, 0.2) is 9.84 Å². The molecular weight excluding hydrogens is 357 g/mol. The molecular formula is C19H16FNO4S. The minimum atomic E-state index is -3.78. The van der Waals surface area contributed by atoms with E-state index in [-0.39, 0.29) is 22.8 Å². The number of nitrogens with one attached hydrogen (secondary N) is 1. The van der Waals surface area contributed by atoms with Gasteiger partial charge in [0.2, 0.25) is 0 Å². The van der Waals surface area contributed by atoms with Gasteiger partial charge in [-0.1, -0.05) is 18.2 Å². The molecule has 0 unspecified atom stereocenters. The summed E-state index contributed by atoms with van der Waals surface area (Å²) in [7, 11) is -3.78. The van der Waals surface area contributed by atoms with Gasteiger partial charge in [-0.3, -0.25) is 4.79 Å². The van der Waals surface area contributed by atoms with Crippen molar-refractivity contribution in [2.45, 2.75) is 10.1 Å². The molecule has 0 radical (unpaired) electrons. The smallest absolute Gasteiger partial charge is 0.251 e. The molecule has 3 rings (SSSR count). The molecule has 0 saturated carbocycles. The summed E-state index contributed by atoms with van der Waals surface area (Å²) in [6.45, 7) is -0.180. The van der Waals surface area contributed by atoms with Crippen molar-refractivity contribution in [2.75, 3.05) is 6.54 Å². The Kier molecular flexibility index (Phi) is 5.18. The van der Waals surface area contributed by atoms with E-state index in [4.69, 9.17) is 4.42 Å². The van der Waals surface area contributed by atoms with E-state index in [9.17, 15) is 17.6 Å². The van der Waals surface area contributed by atoms with Crippen LogP contribution >= 0.6 is 0 Å². The number of hydrogen-bond acceptors (Lipinski definition) is 4. The summed E-state index contributed by atoms with van der Waals surface area (Å²) >= 11 is 0. The Morgan fingerprint density at radius 2 is 1.69 bits per heavy atom. The molecule has 1 aromatic heterocycles. The van der Waals surface area contributed by atoms with Crippen molar-refractivity contribution in [1.82, 2.24) is 5.32 Å². The second kappa shape index (κ2) is 7.53. The van der Waals surface area contributed by atoms with Crippen LogP contribution in [0, 0.1) is 5.82 Å². The summed E-state index contributed by atoms with van der Waals surface area (Å²) in [6.07, 6.45) is 1.38. The lowest BCUT2D eigenvalue weighted by atomic mass is 10.2. The molecule has 3 aromatic rings. The highest BCUT2D eigenvalue weighted by Crippen LogP contribution is 2.28. The third-order valence-electron chi connectivity index (χ3n) is 3.86. The van der Waals surface area contributed by atoms with Crippen LogP contribution in [0.3, 0.4) is 0 Å². The van der Waals surface area contributed by atoms with Crippen molar-refractivity contribution >= 4 is 15.7 Å². The van der Waals surface area contributed by atoms with Gasteiger partial charge in [0.25, 0.3) is 5.91 Å². The quantitative estimate of drug-likeness (QED) is 0.719. The second-order valence-corrected chi connectivity index (χ2v) is 7.71. The van der Waals surface area contributed by atoms with Gasteiger partial charge in [0.05, 0.1) is 11.2 Å². The molecule has 1 atom stereocenters. The highest BCUT2D eigenvalue weighted by Gasteiger charge is 2.31. The molecule has 2 aromatic carbocycles. The number of hydrogen-bond donors (Lipinski definition) is 1. The topological polar surface area (TPSA) is 76.4 Å². The van der Waals surface area contributed by atoms with Crippen LogP contribution in [0.1, 0.15) is 21.4 Å². The van der Waals surface area contributed by atoms with Crippen molar-refractivity contribution in [2.24, 2.45) is 0 Å². The van der Waals surface area contributed by atoms with Gasteiger partial charge in [0.1, 0.15) is 16.8 Å². The predicted octanol–water partition coefficient (Wildman–Crippen LogP) is 3.36. The molecule has 0 saturated heterocycles. The molecule has 5 nitrogen and oxygen atoms in total. The Bertz CT molecular complexity index is 968. The van der Waals surface area contributed by atoms with Crippen molar-refractivity contribution in [1.29, 1.82) is 0 Å². The number of amides is 1. The van der Waals surface area contributed by atoms with Crippen LogP contribution in [-0.2, 0) is 9.84 Å². The summed E-state index contributed by atoms with van der Waals surface area (Å²) in [5.74, 6) is -0.722. The van der Waals surface area contributed by atoms with E-state index in [2.05, 4.69) is 5.32 Å². The van der Waals surface area contributed by atoms with E-state index in [1.807, 2.05) is 0 Å². The lowest BCUT2D eigenvalue weighted by Crippen LogP contribution is -2.31. The first kappa shape index (κ1) is 17.9. The van der Waals surface area contributed by atoms with Gasteiger partial charge in [-0.05, 0) is 48.5 Å². The minimum absolute atomic E-state index is 0.137. The molecule has 0 fully saturated rings. The lowest BCUT2D eigenvalue weighted by Gasteiger charge is -2.16. The minimum Gasteiger partial charge on any atom is -0.468 e. The highest BCUT2D eigenvalue weighted by molar-refractivity contribution is 7.91. The predicted molar refractivity (Wildman–Crippen MR) is 93.8 cm³/mol. The fraction of sp³-hybridized carbons (Fsp3) is 0.105. The number of rotatable bonds is 6. The molecule has 0 spiro atoms. The van der Waals surface area contributed by atoms with Gasteiger partial charge in [-0.15, -0.1) is 0 Å². The van der Waals surface area contributed by atoms with Crippen LogP contribution < -0.4 is 5.32 Å². The van der Waals surface area contributed by atoms with E-state index in [0.717, 1.165) is 0 Å². The number of carbonyl (C=O) groups excluding carboxylic acids is 1. The molecule has 1 N–H and O–H groups in total. The maximum atomic E-state index is 13.0. The molecule has 1 heterocycles. The van der Waals surface area contributed by atoms with E-state index >= 15 is 0 Å². The normalized spacial score (nSPS) is 12.5. The van der Waals surface area contributed by atoms with E-state index in [1.54, 1.807) is 30.3 Å². The fourth-order valence-electron chi connectivity index (χ4n) is 2.50. The zero-order valence-corrected chi connectivity index (χ0v) is 14.4. The van der Waals surface area contributed by atoms with E-state index in [0.29, 0.717) is 0 Å². The first-order valence-electron chi connectivity index (χ1n) is 7.84. The van der Waals surface area contributed by atoms with Crippen LogP contribution in [0.15, 0.2) is 82.3 Å². The summed E-state index contributed by atoms with van der Waals surface area (Å²) in [5.41, 5.74) is 0.238. The van der Waals surface area contributed by atoms with Gasteiger partial charge in [-0.25, -0.2) is 12.8 Å². The summed E-state index contributed by atoms with van der Waals surface area (Å²) in [4.78, 5) is 12.4. The third kappa shape index (κ3) is 3.83. The van der Waals surface area contributed by atoms with E-state index in [1.165, 1.54) is 42.7 Å². The van der Waals surface area contributed by atoms with Crippen LogP contribution in [-0.4, -0.2) is 20.9 Å². The molecule has 0 aliphatic heterocycles. The Morgan fingerprint density at radius 3 is 2.31 bits per heavy atom. The maximum absolute atomic E-state index is 13.0. The molecule has 7 heteroatoms. The molecule has 0 bridgehead atoms. The van der Waals surface area contributed by atoms with Crippen LogP contribution in [0.2, 0.25) is 0 Å². The Hall–Kier alpha value is -2.93. The Morgan fingerprint density at radius 1 is 1.00 bits per heavy atom. The third-order valence-corrected chi connectivity index (χ3v) is 5.94. The number of furan rings is 1. The standard InChI is InChI=1S/C19H16FNO4S/c20-15-10-8-14(9-11-15)19(22)21-13-18(17-7-4-12-25-17)26(23,24)16-5-2-1-3-6-16/h1-12,18H,13H2,(H,21,22)/t18-/m0/s1. The zero-order chi connectivity index (χ0) is 18.6. The van der Waals surface area contributed by atoms with Crippen molar-refractivity contribution in [3.05, 3.63) is 90.1 Å².